The van der Waals surface area contributed by atoms with Crippen LogP contribution in [0.15, 0.2) is 42.7 Å². The molecule has 27 heavy (non-hydrogen) atoms. The zero-order chi connectivity index (χ0) is 19.2. The number of fused-ring (bicyclic) bond motifs is 1. The fourth-order valence-electron chi connectivity index (χ4n) is 2.88. The van der Waals surface area contributed by atoms with Gasteiger partial charge in [-0.15, -0.1) is 0 Å². The van der Waals surface area contributed by atoms with Crippen LogP contribution >= 0.6 is 11.6 Å². The second-order valence-corrected chi connectivity index (χ2v) is 6.37. The van der Waals surface area contributed by atoms with Crippen molar-refractivity contribution < 1.29 is 14.3 Å². The number of methoxy groups -OCH3 is 1. The van der Waals surface area contributed by atoms with Crippen LogP contribution in [0.5, 0.6) is 11.5 Å². The van der Waals surface area contributed by atoms with Gasteiger partial charge in [0.05, 0.1) is 36.1 Å². The van der Waals surface area contributed by atoms with Crippen LogP contribution in [0.4, 0.5) is 0 Å². The van der Waals surface area contributed by atoms with E-state index in [9.17, 15) is 4.79 Å². The summed E-state index contributed by atoms with van der Waals surface area (Å²) < 4.78 is 12.8. The Morgan fingerprint density at radius 3 is 2.89 bits per heavy atom. The first-order valence-electron chi connectivity index (χ1n) is 8.82. The SMILES string of the molecule is CCOc1c(Cl)cc(C(=O)NCCCn2cnc3ccccc32)cc1OC. The summed E-state index contributed by atoms with van der Waals surface area (Å²) in [4.78, 5) is 16.8. The summed E-state index contributed by atoms with van der Waals surface area (Å²) in [5.41, 5.74) is 2.50. The minimum Gasteiger partial charge on any atom is -0.493 e. The number of halogens is 1. The Kier molecular flexibility index (Phi) is 6.19. The first-order chi connectivity index (χ1) is 13.1. The van der Waals surface area contributed by atoms with E-state index in [4.69, 9.17) is 21.1 Å². The number of nitrogens with zero attached hydrogens (tertiary/aromatic N) is 2. The quantitative estimate of drug-likeness (QED) is 0.595. The molecule has 0 radical (unpaired) electrons. The topological polar surface area (TPSA) is 65.4 Å². The van der Waals surface area contributed by atoms with Gasteiger partial charge < -0.3 is 19.4 Å². The van der Waals surface area contributed by atoms with Gasteiger partial charge in [0, 0.05) is 18.7 Å². The molecule has 142 valence electrons. The molecule has 0 fully saturated rings. The van der Waals surface area contributed by atoms with Crippen LogP contribution in [0, 0.1) is 0 Å². The highest BCUT2D eigenvalue weighted by atomic mass is 35.5. The standard InChI is InChI=1S/C20H22ClN3O3/c1-3-27-19-15(21)11-14(12-18(19)26-2)20(25)22-9-6-10-24-13-23-16-7-4-5-8-17(16)24/h4-5,7-8,11-13H,3,6,9-10H2,1-2H3,(H,22,25). The number of para-hydroxylation sites is 2. The van der Waals surface area contributed by atoms with Crippen LogP contribution in [0.3, 0.4) is 0 Å². The average Bonchev–Trinajstić information content (AvgIpc) is 3.09. The smallest absolute Gasteiger partial charge is 0.251 e. The fraction of sp³-hybridized carbons (Fsp3) is 0.300. The number of nitrogens with one attached hydrogen (secondary N) is 1. The maximum atomic E-state index is 12.4. The molecule has 0 bridgehead atoms. The number of carbonyl (C=O) groups is 1. The van der Waals surface area contributed by atoms with Crippen molar-refractivity contribution in [3.8, 4) is 11.5 Å². The van der Waals surface area contributed by atoms with E-state index >= 15 is 0 Å². The lowest BCUT2D eigenvalue weighted by molar-refractivity contribution is 0.0952. The van der Waals surface area contributed by atoms with Crippen molar-refractivity contribution in [2.24, 2.45) is 0 Å². The highest BCUT2D eigenvalue weighted by Crippen LogP contribution is 2.36. The maximum Gasteiger partial charge on any atom is 0.251 e. The highest BCUT2D eigenvalue weighted by Gasteiger charge is 2.15. The number of rotatable bonds is 8. The molecule has 7 heteroatoms. The molecule has 1 heterocycles. The van der Waals surface area contributed by atoms with E-state index in [1.54, 1.807) is 12.1 Å². The molecule has 3 rings (SSSR count). The number of benzene rings is 2. The number of hydrogen-bond acceptors (Lipinski definition) is 4. The Hall–Kier alpha value is -2.73. The molecule has 0 unspecified atom stereocenters. The number of hydrogen-bond donors (Lipinski definition) is 1. The Morgan fingerprint density at radius 1 is 1.30 bits per heavy atom. The second-order valence-electron chi connectivity index (χ2n) is 5.96. The lowest BCUT2D eigenvalue weighted by Gasteiger charge is -2.13. The Balaban J connectivity index is 1.58. The number of imidazole rings is 1. The molecule has 2 aromatic carbocycles. The normalized spacial score (nSPS) is 10.8. The average molecular weight is 388 g/mol. The third kappa shape index (κ3) is 4.34. The predicted octanol–water partition coefficient (Wildman–Crippen LogP) is 3.92. The minimum atomic E-state index is -0.200. The zero-order valence-electron chi connectivity index (χ0n) is 15.4. The molecule has 0 saturated heterocycles. The lowest BCUT2D eigenvalue weighted by Crippen LogP contribution is -2.25. The third-order valence-electron chi connectivity index (χ3n) is 4.17. The van der Waals surface area contributed by atoms with E-state index in [1.165, 1.54) is 7.11 Å². The summed E-state index contributed by atoms with van der Waals surface area (Å²) in [5.74, 6) is 0.693. The first-order valence-corrected chi connectivity index (χ1v) is 9.20. The molecular weight excluding hydrogens is 366 g/mol. The van der Waals surface area contributed by atoms with Crippen LogP contribution in [0.2, 0.25) is 5.02 Å². The summed E-state index contributed by atoms with van der Waals surface area (Å²) in [6.07, 6.45) is 2.61. The molecule has 0 saturated carbocycles. The molecule has 0 aliphatic heterocycles. The number of ether oxygens (including phenoxy) is 2. The fourth-order valence-corrected chi connectivity index (χ4v) is 3.14. The first kappa shape index (κ1) is 19.0. The van der Waals surface area contributed by atoms with E-state index in [2.05, 4.69) is 14.9 Å². The maximum absolute atomic E-state index is 12.4. The molecule has 0 spiro atoms. The van der Waals surface area contributed by atoms with E-state index in [1.807, 2.05) is 37.5 Å². The molecule has 1 N–H and O–H groups in total. The van der Waals surface area contributed by atoms with Crippen molar-refractivity contribution in [2.45, 2.75) is 19.9 Å². The van der Waals surface area contributed by atoms with E-state index in [0.717, 1.165) is 24.0 Å². The van der Waals surface area contributed by atoms with Crippen LogP contribution in [0.25, 0.3) is 11.0 Å². The second kappa shape index (κ2) is 8.77. The molecule has 0 atom stereocenters. The predicted molar refractivity (Wildman–Crippen MR) is 106 cm³/mol. The van der Waals surface area contributed by atoms with E-state index < -0.39 is 0 Å². The summed E-state index contributed by atoms with van der Waals surface area (Å²) in [5, 5.41) is 3.26. The largest absolute Gasteiger partial charge is 0.493 e. The minimum absolute atomic E-state index is 0.200. The van der Waals surface area contributed by atoms with Crippen LogP contribution in [0.1, 0.15) is 23.7 Å². The Morgan fingerprint density at radius 2 is 2.11 bits per heavy atom. The van der Waals surface area contributed by atoms with Gasteiger partial charge in [0.25, 0.3) is 5.91 Å². The number of aromatic nitrogens is 2. The van der Waals surface area contributed by atoms with Gasteiger partial charge in [-0.2, -0.15) is 0 Å². The molecule has 0 aliphatic rings. The van der Waals surface area contributed by atoms with Crippen molar-refractivity contribution in [3.05, 3.63) is 53.3 Å². The molecule has 3 aromatic rings. The van der Waals surface area contributed by atoms with Gasteiger partial charge in [0.15, 0.2) is 11.5 Å². The monoisotopic (exact) mass is 387 g/mol. The summed E-state index contributed by atoms with van der Waals surface area (Å²) >= 11 is 6.23. The van der Waals surface area contributed by atoms with Crippen molar-refractivity contribution in [2.75, 3.05) is 20.3 Å². The number of amides is 1. The van der Waals surface area contributed by atoms with Crippen LogP contribution in [-0.4, -0.2) is 35.7 Å². The molecular formula is C20H22ClN3O3. The van der Waals surface area contributed by atoms with Crippen molar-refractivity contribution >= 4 is 28.5 Å². The summed E-state index contributed by atoms with van der Waals surface area (Å²) in [6.45, 7) is 3.64. The molecule has 6 nitrogen and oxygen atoms in total. The van der Waals surface area contributed by atoms with Gasteiger partial charge in [-0.05, 0) is 37.6 Å². The van der Waals surface area contributed by atoms with Gasteiger partial charge >= 0.3 is 0 Å². The van der Waals surface area contributed by atoms with Crippen LogP contribution in [-0.2, 0) is 6.54 Å². The van der Waals surface area contributed by atoms with E-state index in [-0.39, 0.29) is 5.91 Å². The van der Waals surface area contributed by atoms with Crippen molar-refractivity contribution in [3.63, 3.8) is 0 Å². The van der Waals surface area contributed by atoms with Crippen molar-refractivity contribution in [1.82, 2.24) is 14.9 Å². The molecule has 1 amide bonds. The van der Waals surface area contributed by atoms with Crippen LogP contribution < -0.4 is 14.8 Å². The van der Waals surface area contributed by atoms with Gasteiger partial charge in [0.1, 0.15) is 0 Å². The number of carbonyl (C=O) groups excluding carboxylic acids is 1. The van der Waals surface area contributed by atoms with Gasteiger partial charge in [0.2, 0.25) is 0 Å². The van der Waals surface area contributed by atoms with Gasteiger partial charge in [-0.3, -0.25) is 4.79 Å². The Bertz CT molecular complexity index is 939. The number of aryl methyl sites for hydroxylation is 1. The Labute approximate surface area is 163 Å². The van der Waals surface area contributed by atoms with Crippen molar-refractivity contribution in [1.29, 1.82) is 0 Å². The third-order valence-corrected chi connectivity index (χ3v) is 4.45. The molecule has 0 aliphatic carbocycles. The summed E-state index contributed by atoms with van der Waals surface area (Å²) in [6, 6.07) is 11.2. The lowest BCUT2D eigenvalue weighted by atomic mass is 10.2. The van der Waals surface area contributed by atoms with Gasteiger partial charge in [-0.25, -0.2) is 4.98 Å². The van der Waals surface area contributed by atoms with E-state index in [0.29, 0.717) is 35.2 Å². The zero-order valence-corrected chi connectivity index (χ0v) is 16.1. The highest BCUT2D eigenvalue weighted by molar-refractivity contribution is 6.32. The summed E-state index contributed by atoms with van der Waals surface area (Å²) in [7, 11) is 1.52. The van der Waals surface area contributed by atoms with Gasteiger partial charge in [-0.1, -0.05) is 23.7 Å². The molecule has 1 aromatic heterocycles.